The number of piperidine rings is 1. The van der Waals surface area contributed by atoms with Gasteiger partial charge < -0.3 is 10.4 Å². The number of aliphatic hydroxyl groups is 1. The molecule has 0 aromatic carbocycles. The quantitative estimate of drug-likeness (QED) is 0.766. The van der Waals surface area contributed by atoms with Gasteiger partial charge in [-0.15, -0.1) is 0 Å². The molecule has 0 radical (unpaired) electrons. The van der Waals surface area contributed by atoms with Gasteiger partial charge in [-0.1, -0.05) is 19.3 Å². The first-order chi connectivity index (χ1) is 8.29. The molecule has 1 saturated heterocycles. The van der Waals surface area contributed by atoms with Gasteiger partial charge in [-0.25, -0.2) is 0 Å². The van der Waals surface area contributed by atoms with E-state index in [0.29, 0.717) is 18.1 Å². The molecular weight excluding hydrogens is 212 g/mol. The predicted octanol–water partition coefficient (Wildman–Crippen LogP) is 1.61. The molecule has 0 aromatic rings. The topological polar surface area (TPSA) is 35.5 Å². The van der Waals surface area contributed by atoms with Crippen LogP contribution in [0.3, 0.4) is 0 Å². The molecule has 1 aliphatic heterocycles. The normalized spacial score (nSPS) is 29.6. The fourth-order valence-electron chi connectivity index (χ4n) is 3.80. The van der Waals surface area contributed by atoms with E-state index in [1.165, 1.54) is 58.0 Å². The van der Waals surface area contributed by atoms with E-state index in [9.17, 15) is 5.11 Å². The fraction of sp³-hybridized carbons (Fsp3) is 1.00. The summed E-state index contributed by atoms with van der Waals surface area (Å²) in [6.45, 7) is 3.87. The van der Waals surface area contributed by atoms with E-state index in [0.717, 1.165) is 6.54 Å². The van der Waals surface area contributed by atoms with E-state index in [2.05, 4.69) is 17.3 Å². The Balaban J connectivity index is 1.96. The SMILES string of the molecule is CNCC1(CN2CCCCC2CO)CCCC1. The number of hydrogen-bond donors (Lipinski definition) is 2. The maximum absolute atomic E-state index is 9.49. The Kier molecular flexibility index (Phi) is 4.83. The monoisotopic (exact) mass is 240 g/mol. The summed E-state index contributed by atoms with van der Waals surface area (Å²) in [7, 11) is 2.07. The van der Waals surface area contributed by atoms with Gasteiger partial charge in [0.25, 0.3) is 0 Å². The Bertz CT molecular complexity index is 226. The van der Waals surface area contributed by atoms with Crippen LogP contribution in [0.15, 0.2) is 0 Å². The first-order valence-corrected chi connectivity index (χ1v) is 7.29. The molecule has 17 heavy (non-hydrogen) atoms. The molecule has 1 aliphatic carbocycles. The van der Waals surface area contributed by atoms with E-state index in [-0.39, 0.29) is 0 Å². The third-order valence-electron chi connectivity index (χ3n) is 4.71. The fourth-order valence-corrected chi connectivity index (χ4v) is 3.80. The van der Waals surface area contributed by atoms with Crippen LogP contribution in [0, 0.1) is 5.41 Å². The number of hydrogen-bond acceptors (Lipinski definition) is 3. The van der Waals surface area contributed by atoms with E-state index in [1.54, 1.807) is 0 Å². The molecule has 1 unspecified atom stereocenters. The maximum atomic E-state index is 9.49. The van der Waals surface area contributed by atoms with Crippen molar-refractivity contribution in [2.45, 2.75) is 51.0 Å². The summed E-state index contributed by atoms with van der Waals surface area (Å²) in [5.41, 5.74) is 0.486. The summed E-state index contributed by atoms with van der Waals surface area (Å²) >= 11 is 0. The van der Waals surface area contributed by atoms with Gasteiger partial charge in [-0.3, -0.25) is 4.90 Å². The minimum atomic E-state index is 0.343. The lowest BCUT2D eigenvalue weighted by Gasteiger charge is -2.41. The first kappa shape index (κ1) is 13.3. The standard InChI is InChI=1S/C14H28N2O/c1-15-11-14(7-3-4-8-14)12-16-9-5-2-6-13(16)10-17/h13,15,17H,2-12H2,1H3. The Morgan fingerprint density at radius 2 is 2.00 bits per heavy atom. The van der Waals surface area contributed by atoms with Crippen molar-refractivity contribution in [3.8, 4) is 0 Å². The zero-order valence-corrected chi connectivity index (χ0v) is 11.2. The lowest BCUT2D eigenvalue weighted by atomic mass is 9.84. The van der Waals surface area contributed by atoms with Gasteiger partial charge in [-0.05, 0) is 44.7 Å². The average molecular weight is 240 g/mol. The lowest BCUT2D eigenvalue weighted by molar-refractivity contribution is 0.0490. The van der Waals surface area contributed by atoms with Crippen LogP contribution in [0.5, 0.6) is 0 Å². The highest BCUT2D eigenvalue weighted by Crippen LogP contribution is 2.39. The van der Waals surface area contributed by atoms with E-state index < -0.39 is 0 Å². The van der Waals surface area contributed by atoms with E-state index in [4.69, 9.17) is 0 Å². The summed E-state index contributed by atoms with van der Waals surface area (Å²) in [5.74, 6) is 0. The van der Waals surface area contributed by atoms with Crippen LogP contribution in [0.1, 0.15) is 44.9 Å². The average Bonchev–Trinajstić information content (AvgIpc) is 2.79. The molecule has 3 heteroatoms. The van der Waals surface area contributed by atoms with Crippen molar-refractivity contribution >= 4 is 0 Å². The third kappa shape index (κ3) is 3.21. The van der Waals surface area contributed by atoms with Crippen molar-refractivity contribution in [3.05, 3.63) is 0 Å². The summed E-state index contributed by atoms with van der Waals surface area (Å²) in [6.07, 6.45) is 9.29. The van der Waals surface area contributed by atoms with Crippen LogP contribution in [-0.2, 0) is 0 Å². The van der Waals surface area contributed by atoms with Gasteiger partial charge in [0.2, 0.25) is 0 Å². The minimum absolute atomic E-state index is 0.343. The lowest BCUT2D eigenvalue weighted by Crippen LogP contribution is -2.49. The van der Waals surface area contributed by atoms with Crippen LogP contribution < -0.4 is 5.32 Å². The summed E-state index contributed by atoms with van der Waals surface area (Å²) < 4.78 is 0. The van der Waals surface area contributed by atoms with Crippen molar-refractivity contribution in [2.75, 3.05) is 33.3 Å². The number of likely N-dealkylation sites (tertiary alicyclic amines) is 1. The van der Waals surface area contributed by atoms with Crippen LogP contribution in [-0.4, -0.2) is 49.3 Å². The molecule has 2 aliphatic rings. The Morgan fingerprint density at radius 3 is 2.65 bits per heavy atom. The number of aliphatic hydroxyl groups excluding tert-OH is 1. The highest BCUT2D eigenvalue weighted by molar-refractivity contribution is 4.91. The molecule has 0 amide bonds. The highest BCUT2D eigenvalue weighted by Gasteiger charge is 2.37. The number of rotatable bonds is 5. The zero-order chi connectivity index (χ0) is 12.1. The molecule has 0 spiro atoms. The van der Waals surface area contributed by atoms with Gasteiger partial charge in [0.05, 0.1) is 6.61 Å². The molecule has 1 saturated carbocycles. The van der Waals surface area contributed by atoms with Crippen molar-refractivity contribution in [1.82, 2.24) is 10.2 Å². The Morgan fingerprint density at radius 1 is 1.24 bits per heavy atom. The van der Waals surface area contributed by atoms with Crippen LogP contribution in [0.4, 0.5) is 0 Å². The van der Waals surface area contributed by atoms with Crippen LogP contribution in [0.2, 0.25) is 0 Å². The second kappa shape index (κ2) is 6.17. The molecule has 0 aromatic heterocycles. The van der Waals surface area contributed by atoms with Crippen molar-refractivity contribution in [3.63, 3.8) is 0 Å². The molecule has 1 heterocycles. The smallest absolute Gasteiger partial charge is 0.0586 e. The summed E-state index contributed by atoms with van der Waals surface area (Å²) in [6, 6.07) is 0.429. The largest absolute Gasteiger partial charge is 0.395 e. The molecule has 2 rings (SSSR count). The van der Waals surface area contributed by atoms with Crippen LogP contribution >= 0.6 is 0 Å². The van der Waals surface area contributed by atoms with E-state index >= 15 is 0 Å². The van der Waals surface area contributed by atoms with E-state index in [1.807, 2.05) is 0 Å². The third-order valence-corrected chi connectivity index (χ3v) is 4.71. The zero-order valence-electron chi connectivity index (χ0n) is 11.2. The molecule has 2 fully saturated rings. The second-order valence-corrected chi connectivity index (χ2v) is 6.04. The van der Waals surface area contributed by atoms with Crippen molar-refractivity contribution < 1.29 is 5.11 Å². The minimum Gasteiger partial charge on any atom is -0.395 e. The maximum Gasteiger partial charge on any atom is 0.0586 e. The van der Waals surface area contributed by atoms with Gasteiger partial charge in [-0.2, -0.15) is 0 Å². The summed E-state index contributed by atoms with van der Waals surface area (Å²) in [5, 5.41) is 12.9. The number of nitrogens with one attached hydrogen (secondary N) is 1. The Labute approximate surface area is 106 Å². The van der Waals surface area contributed by atoms with Gasteiger partial charge in [0.1, 0.15) is 0 Å². The molecule has 2 N–H and O–H groups in total. The molecule has 100 valence electrons. The molecule has 3 nitrogen and oxygen atoms in total. The van der Waals surface area contributed by atoms with Crippen LogP contribution in [0.25, 0.3) is 0 Å². The number of nitrogens with zero attached hydrogens (tertiary/aromatic N) is 1. The van der Waals surface area contributed by atoms with Crippen molar-refractivity contribution in [2.24, 2.45) is 5.41 Å². The first-order valence-electron chi connectivity index (χ1n) is 7.29. The second-order valence-electron chi connectivity index (χ2n) is 6.04. The highest BCUT2D eigenvalue weighted by atomic mass is 16.3. The van der Waals surface area contributed by atoms with Gasteiger partial charge >= 0.3 is 0 Å². The Hall–Kier alpha value is -0.120. The van der Waals surface area contributed by atoms with Crippen molar-refractivity contribution in [1.29, 1.82) is 0 Å². The molecule has 1 atom stereocenters. The summed E-state index contributed by atoms with van der Waals surface area (Å²) in [4.78, 5) is 2.56. The molecular formula is C14H28N2O. The van der Waals surface area contributed by atoms with Gasteiger partial charge in [0.15, 0.2) is 0 Å². The predicted molar refractivity (Wildman–Crippen MR) is 71.1 cm³/mol. The molecule has 0 bridgehead atoms. The van der Waals surface area contributed by atoms with Gasteiger partial charge in [0, 0.05) is 19.1 Å².